The molecule has 2 atom stereocenters. The van der Waals surface area contributed by atoms with Gasteiger partial charge in [0.15, 0.2) is 0 Å². The fourth-order valence-electron chi connectivity index (χ4n) is 2.69. The van der Waals surface area contributed by atoms with Gasteiger partial charge in [0.25, 0.3) is 0 Å². The summed E-state index contributed by atoms with van der Waals surface area (Å²) < 4.78 is 0.874. The molecule has 1 saturated carbocycles. The highest BCUT2D eigenvalue weighted by atomic mass is 35.5. The van der Waals surface area contributed by atoms with Crippen LogP contribution in [0.4, 0.5) is 0 Å². The maximum absolute atomic E-state index is 5.91. The zero-order valence-corrected chi connectivity index (χ0v) is 11.7. The number of rotatable bonds is 5. The van der Waals surface area contributed by atoms with Crippen LogP contribution in [-0.4, -0.2) is 13.1 Å². The normalized spacial score (nSPS) is 25.1. The Morgan fingerprint density at radius 2 is 2.06 bits per heavy atom. The fourth-order valence-corrected chi connectivity index (χ4v) is 3.75. The highest BCUT2D eigenvalue weighted by molar-refractivity contribution is 7.16. The predicted octanol–water partition coefficient (Wildman–Crippen LogP) is 3.26. The van der Waals surface area contributed by atoms with Gasteiger partial charge in [-0.1, -0.05) is 24.4 Å². The van der Waals surface area contributed by atoms with Crippen molar-refractivity contribution in [3.63, 3.8) is 0 Å². The minimum Gasteiger partial charge on any atom is -0.330 e. The summed E-state index contributed by atoms with van der Waals surface area (Å²) in [5, 5.41) is 3.55. The number of nitrogens with two attached hydrogens (primary N) is 1. The Bertz CT molecular complexity index is 340. The van der Waals surface area contributed by atoms with E-state index in [9.17, 15) is 0 Å². The first-order chi connectivity index (χ1) is 8.29. The highest BCUT2D eigenvalue weighted by Crippen LogP contribution is 2.29. The minimum absolute atomic E-state index is 0.725. The zero-order valence-electron chi connectivity index (χ0n) is 10.1. The number of nitrogens with one attached hydrogen (secondary N) is 1. The first-order valence-corrected chi connectivity index (χ1v) is 7.64. The molecule has 2 rings (SSSR count). The van der Waals surface area contributed by atoms with Crippen LogP contribution in [0.1, 0.15) is 30.6 Å². The van der Waals surface area contributed by atoms with Crippen molar-refractivity contribution in [3.05, 3.63) is 21.3 Å². The third kappa shape index (κ3) is 3.95. The van der Waals surface area contributed by atoms with E-state index in [2.05, 4.69) is 11.4 Å². The lowest BCUT2D eigenvalue weighted by molar-refractivity contribution is 0.236. The van der Waals surface area contributed by atoms with Crippen LogP contribution in [0.5, 0.6) is 0 Å². The van der Waals surface area contributed by atoms with E-state index < -0.39 is 0 Å². The molecule has 0 aromatic carbocycles. The molecule has 0 aliphatic heterocycles. The summed E-state index contributed by atoms with van der Waals surface area (Å²) in [6.45, 7) is 2.87. The summed E-state index contributed by atoms with van der Waals surface area (Å²) in [4.78, 5) is 1.31. The van der Waals surface area contributed by atoms with Crippen molar-refractivity contribution in [2.45, 2.75) is 32.2 Å². The summed E-state index contributed by atoms with van der Waals surface area (Å²) in [7, 11) is 0. The second kappa shape index (κ2) is 6.74. The summed E-state index contributed by atoms with van der Waals surface area (Å²) in [5.41, 5.74) is 5.84. The van der Waals surface area contributed by atoms with Crippen LogP contribution >= 0.6 is 22.9 Å². The van der Waals surface area contributed by atoms with Crippen molar-refractivity contribution in [2.24, 2.45) is 17.6 Å². The van der Waals surface area contributed by atoms with Crippen LogP contribution in [-0.2, 0) is 6.54 Å². The van der Waals surface area contributed by atoms with Gasteiger partial charge in [0.1, 0.15) is 0 Å². The Labute approximate surface area is 113 Å². The van der Waals surface area contributed by atoms with Gasteiger partial charge < -0.3 is 11.1 Å². The maximum atomic E-state index is 5.91. The topological polar surface area (TPSA) is 38.0 Å². The Morgan fingerprint density at radius 3 is 2.71 bits per heavy atom. The molecule has 3 N–H and O–H groups in total. The number of hydrogen-bond donors (Lipinski definition) is 2. The molecule has 2 nitrogen and oxygen atoms in total. The molecule has 0 amide bonds. The molecular weight excluding hydrogens is 252 g/mol. The van der Waals surface area contributed by atoms with Crippen molar-refractivity contribution in [1.82, 2.24) is 5.32 Å². The molecule has 0 saturated heterocycles. The van der Waals surface area contributed by atoms with Gasteiger partial charge >= 0.3 is 0 Å². The Hall–Kier alpha value is -0.0900. The molecule has 0 bridgehead atoms. The van der Waals surface area contributed by atoms with Gasteiger partial charge in [-0.15, -0.1) is 11.3 Å². The minimum atomic E-state index is 0.725. The van der Waals surface area contributed by atoms with Crippen LogP contribution in [0.25, 0.3) is 0 Å². The SMILES string of the molecule is NCC1CCCCC1CNCc1ccc(Cl)s1. The summed E-state index contributed by atoms with van der Waals surface area (Å²) in [6, 6.07) is 4.06. The van der Waals surface area contributed by atoms with Gasteiger partial charge in [0.05, 0.1) is 4.34 Å². The highest BCUT2D eigenvalue weighted by Gasteiger charge is 2.23. The van der Waals surface area contributed by atoms with E-state index in [4.69, 9.17) is 17.3 Å². The lowest BCUT2D eigenvalue weighted by Crippen LogP contribution is -2.34. The van der Waals surface area contributed by atoms with Crippen LogP contribution in [0.15, 0.2) is 12.1 Å². The van der Waals surface area contributed by atoms with E-state index in [1.54, 1.807) is 11.3 Å². The van der Waals surface area contributed by atoms with Gasteiger partial charge in [0, 0.05) is 11.4 Å². The molecule has 1 heterocycles. The van der Waals surface area contributed by atoms with Crippen LogP contribution in [0.2, 0.25) is 4.34 Å². The van der Waals surface area contributed by atoms with Crippen molar-refractivity contribution >= 4 is 22.9 Å². The predicted molar refractivity (Wildman–Crippen MR) is 75.5 cm³/mol. The molecule has 0 radical (unpaired) electrons. The molecular formula is C13H21ClN2S. The van der Waals surface area contributed by atoms with Gasteiger partial charge in [0.2, 0.25) is 0 Å². The standard InChI is InChI=1S/C13H21ClN2S/c14-13-6-5-12(17-13)9-16-8-11-4-2-1-3-10(11)7-15/h5-6,10-11,16H,1-4,7-9,15H2. The summed E-state index contributed by atoms with van der Waals surface area (Å²) in [6.07, 6.45) is 5.38. The fraction of sp³-hybridized carbons (Fsp3) is 0.692. The van der Waals surface area contributed by atoms with Gasteiger partial charge in [-0.3, -0.25) is 0 Å². The molecule has 2 unspecified atom stereocenters. The molecule has 96 valence electrons. The molecule has 1 aromatic rings. The largest absolute Gasteiger partial charge is 0.330 e. The lowest BCUT2D eigenvalue weighted by atomic mass is 9.79. The maximum Gasteiger partial charge on any atom is 0.0931 e. The zero-order chi connectivity index (χ0) is 12.1. The quantitative estimate of drug-likeness (QED) is 0.864. The van der Waals surface area contributed by atoms with Crippen LogP contribution in [0.3, 0.4) is 0 Å². The molecule has 0 spiro atoms. The summed E-state index contributed by atoms with van der Waals surface area (Å²) >= 11 is 7.57. The Balaban J connectivity index is 1.73. The van der Waals surface area contributed by atoms with Gasteiger partial charge in [-0.25, -0.2) is 0 Å². The Morgan fingerprint density at radius 1 is 1.29 bits per heavy atom. The second-order valence-corrected chi connectivity index (χ2v) is 6.68. The number of halogens is 1. The van der Waals surface area contributed by atoms with Crippen molar-refractivity contribution < 1.29 is 0 Å². The van der Waals surface area contributed by atoms with Gasteiger partial charge in [-0.2, -0.15) is 0 Å². The molecule has 1 fully saturated rings. The van der Waals surface area contributed by atoms with Gasteiger partial charge in [-0.05, 0) is 49.9 Å². The van der Waals surface area contributed by atoms with E-state index in [1.807, 2.05) is 6.07 Å². The van der Waals surface area contributed by atoms with Crippen LogP contribution in [0, 0.1) is 11.8 Å². The Kier molecular flexibility index (Phi) is 5.29. The number of thiophene rings is 1. The molecule has 1 aliphatic rings. The second-order valence-electron chi connectivity index (χ2n) is 4.88. The third-order valence-electron chi connectivity index (χ3n) is 3.70. The average Bonchev–Trinajstić information content (AvgIpc) is 2.76. The van der Waals surface area contributed by atoms with Crippen molar-refractivity contribution in [2.75, 3.05) is 13.1 Å². The first kappa shape index (κ1) is 13.3. The number of hydrogen-bond acceptors (Lipinski definition) is 3. The van der Waals surface area contributed by atoms with Crippen molar-refractivity contribution in [1.29, 1.82) is 0 Å². The smallest absolute Gasteiger partial charge is 0.0931 e. The first-order valence-electron chi connectivity index (χ1n) is 6.44. The van der Waals surface area contributed by atoms with E-state index in [0.717, 1.165) is 35.8 Å². The van der Waals surface area contributed by atoms with E-state index in [0.29, 0.717) is 0 Å². The van der Waals surface area contributed by atoms with E-state index in [1.165, 1.54) is 30.6 Å². The molecule has 17 heavy (non-hydrogen) atoms. The summed E-state index contributed by atoms with van der Waals surface area (Å²) in [5.74, 6) is 1.49. The average molecular weight is 273 g/mol. The van der Waals surface area contributed by atoms with Crippen molar-refractivity contribution in [3.8, 4) is 0 Å². The van der Waals surface area contributed by atoms with Crippen LogP contribution < -0.4 is 11.1 Å². The van der Waals surface area contributed by atoms with E-state index in [-0.39, 0.29) is 0 Å². The third-order valence-corrected chi connectivity index (χ3v) is 4.93. The molecule has 1 aromatic heterocycles. The monoisotopic (exact) mass is 272 g/mol. The van der Waals surface area contributed by atoms with E-state index >= 15 is 0 Å². The molecule has 1 aliphatic carbocycles. The molecule has 4 heteroatoms. The lowest BCUT2D eigenvalue weighted by Gasteiger charge is -2.30.